The molecule has 0 aromatic rings. The summed E-state index contributed by atoms with van der Waals surface area (Å²) in [5, 5.41) is 2.65. The first-order chi connectivity index (χ1) is 8.54. The molecular weight excluding hydrogens is 254 g/mol. The third kappa shape index (κ3) is 4.76. The number of esters is 1. The van der Waals surface area contributed by atoms with E-state index in [-0.39, 0.29) is 16.9 Å². The Hall–Kier alpha value is -0.910. The van der Waals surface area contributed by atoms with Crippen molar-refractivity contribution in [2.24, 2.45) is 0 Å². The van der Waals surface area contributed by atoms with Crippen LogP contribution in [0.5, 0.6) is 0 Å². The molecule has 2 atom stereocenters. The Morgan fingerprint density at radius 1 is 1.33 bits per heavy atom. The summed E-state index contributed by atoms with van der Waals surface area (Å²) in [7, 11) is 0.174. The van der Waals surface area contributed by atoms with Crippen LogP contribution in [0, 0.1) is 0 Å². The third-order valence-electron chi connectivity index (χ3n) is 3.12. The van der Waals surface area contributed by atoms with Crippen molar-refractivity contribution in [2.75, 3.05) is 12.9 Å². The van der Waals surface area contributed by atoms with Crippen LogP contribution in [0.25, 0.3) is 0 Å². The number of rotatable bonds is 5. The van der Waals surface area contributed by atoms with Crippen LogP contribution in [0.3, 0.4) is 0 Å². The van der Waals surface area contributed by atoms with Gasteiger partial charge in [-0.2, -0.15) is 0 Å². The molecule has 6 heteroatoms. The molecule has 104 valence electrons. The number of carbonyl (C=O) groups excluding carboxylic acids is 2. The van der Waals surface area contributed by atoms with E-state index in [9.17, 15) is 13.8 Å². The van der Waals surface area contributed by atoms with Crippen molar-refractivity contribution in [1.82, 2.24) is 5.32 Å². The quantitative estimate of drug-likeness (QED) is 0.751. The smallest absolute Gasteiger partial charge is 0.329 e. The second-order valence-corrected chi connectivity index (χ2v) is 6.35. The number of hydrogen-bond acceptors (Lipinski definition) is 4. The van der Waals surface area contributed by atoms with E-state index in [2.05, 4.69) is 10.1 Å². The normalized spacial score (nSPS) is 19.9. The fourth-order valence-electron chi connectivity index (χ4n) is 2.18. The minimum atomic E-state index is -1.09. The molecule has 0 aromatic carbocycles. The first-order valence-corrected chi connectivity index (χ1v) is 7.65. The van der Waals surface area contributed by atoms with E-state index >= 15 is 0 Å². The molecule has 0 heterocycles. The molecule has 0 saturated heterocycles. The van der Waals surface area contributed by atoms with Gasteiger partial charge in [-0.1, -0.05) is 19.3 Å². The number of hydrogen-bond donors (Lipinski definition) is 1. The van der Waals surface area contributed by atoms with Crippen molar-refractivity contribution in [2.45, 2.75) is 50.3 Å². The van der Waals surface area contributed by atoms with E-state index in [0.717, 1.165) is 25.7 Å². The largest absolute Gasteiger partial charge is 0.467 e. The lowest BCUT2D eigenvalue weighted by Gasteiger charge is -2.23. The summed E-state index contributed by atoms with van der Waals surface area (Å²) in [4.78, 5) is 22.5. The van der Waals surface area contributed by atoms with Crippen LogP contribution in [0.4, 0.5) is 0 Å². The van der Waals surface area contributed by atoms with Gasteiger partial charge in [0.2, 0.25) is 5.91 Å². The van der Waals surface area contributed by atoms with E-state index in [1.54, 1.807) is 0 Å². The summed E-state index contributed by atoms with van der Waals surface area (Å²) in [5.74, 6) is -0.697. The van der Waals surface area contributed by atoms with Gasteiger partial charge < -0.3 is 10.1 Å². The summed E-state index contributed by atoms with van der Waals surface area (Å²) in [6, 6.07) is -0.796. The van der Waals surface area contributed by atoms with Crippen LogP contribution in [-0.4, -0.2) is 40.2 Å². The Labute approximate surface area is 110 Å². The summed E-state index contributed by atoms with van der Waals surface area (Å²) in [5.41, 5.74) is 0. The summed E-state index contributed by atoms with van der Waals surface area (Å²) >= 11 is 0. The fraction of sp³-hybridized carbons (Fsp3) is 0.833. The molecule has 1 rings (SSSR count). The number of methoxy groups -OCH3 is 1. The summed E-state index contributed by atoms with van der Waals surface area (Å²) in [6.45, 7) is 1.33. The average Bonchev–Trinajstić information content (AvgIpc) is 2.37. The van der Waals surface area contributed by atoms with Crippen molar-refractivity contribution in [3.8, 4) is 0 Å². The zero-order chi connectivity index (χ0) is 13.5. The van der Waals surface area contributed by atoms with Crippen LogP contribution < -0.4 is 5.32 Å². The first kappa shape index (κ1) is 15.1. The van der Waals surface area contributed by atoms with Crippen molar-refractivity contribution >= 4 is 22.7 Å². The van der Waals surface area contributed by atoms with Gasteiger partial charge in [-0.15, -0.1) is 0 Å². The van der Waals surface area contributed by atoms with Crippen LogP contribution in [0.2, 0.25) is 0 Å². The molecule has 18 heavy (non-hydrogen) atoms. The van der Waals surface area contributed by atoms with Crippen LogP contribution in [0.1, 0.15) is 39.0 Å². The highest BCUT2D eigenvalue weighted by Gasteiger charge is 2.27. The van der Waals surface area contributed by atoms with Gasteiger partial charge in [-0.3, -0.25) is 9.00 Å². The van der Waals surface area contributed by atoms with Gasteiger partial charge in [0.05, 0.1) is 12.9 Å². The van der Waals surface area contributed by atoms with Crippen molar-refractivity contribution in [3.05, 3.63) is 0 Å². The molecule has 0 spiro atoms. The maximum absolute atomic E-state index is 12.2. The second kappa shape index (κ2) is 7.51. The van der Waals surface area contributed by atoms with Gasteiger partial charge in [-0.25, -0.2) is 4.79 Å². The van der Waals surface area contributed by atoms with E-state index < -0.39 is 22.8 Å². The van der Waals surface area contributed by atoms with Gasteiger partial charge in [0.1, 0.15) is 6.04 Å². The Morgan fingerprint density at radius 2 is 1.94 bits per heavy atom. The van der Waals surface area contributed by atoms with E-state index in [1.165, 1.54) is 20.5 Å². The molecule has 1 N–H and O–H groups in total. The second-order valence-electron chi connectivity index (χ2n) is 4.58. The third-order valence-corrected chi connectivity index (χ3v) is 4.99. The summed E-state index contributed by atoms with van der Waals surface area (Å²) in [6.07, 6.45) is 5.28. The number of nitrogens with one attached hydrogen (secondary N) is 1. The maximum atomic E-state index is 12.2. The van der Waals surface area contributed by atoms with E-state index in [1.807, 2.05) is 0 Å². The van der Waals surface area contributed by atoms with Crippen LogP contribution >= 0.6 is 0 Å². The Kier molecular flexibility index (Phi) is 6.32. The molecule has 2 unspecified atom stereocenters. The maximum Gasteiger partial charge on any atom is 0.329 e. The predicted octanol–water partition coefficient (Wildman–Crippen LogP) is 0.745. The number of ether oxygens (including phenoxy) is 1. The van der Waals surface area contributed by atoms with E-state index in [4.69, 9.17) is 0 Å². The minimum Gasteiger partial charge on any atom is -0.467 e. The van der Waals surface area contributed by atoms with Crippen LogP contribution in [0.15, 0.2) is 0 Å². The van der Waals surface area contributed by atoms with Gasteiger partial charge in [0.15, 0.2) is 0 Å². The molecule has 0 aliphatic heterocycles. The predicted molar refractivity (Wildman–Crippen MR) is 69.5 cm³/mol. The van der Waals surface area contributed by atoms with Crippen LogP contribution in [-0.2, 0) is 25.1 Å². The lowest BCUT2D eigenvalue weighted by Crippen LogP contribution is -2.45. The number of amides is 1. The van der Waals surface area contributed by atoms with Crippen molar-refractivity contribution < 1.29 is 18.5 Å². The molecule has 0 radical (unpaired) electrons. The zero-order valence-electron chi connectivity index (χ0n) is 10.9. The molecule has 1 aliphatic carbocycles. The van der Waals surface area contributed by atoms with E-state index in [0.29, 0.717) is 0 Å². The Balaban J connectivity index is 2.55. The summed E-state index contributed by atoms with van der Waals surface area (Å²) < 4.78 is 16.8. The zero-order valence-corrected chi connectivity index (χ0v) is 11.8. The Bertz CT molecular complexity index is 326. The first-order valence-electron chi connectivity index (χ1n) is 6.26. The highest BCUT2D eigenvalue weighted by molar-refractivity contribution is 7.85. The highest BCUT2D eigenvalue weighted by Crippen LogP contribution is 2.22. The molecule has 1 saturated carbocycles. The molecular formula is C12H21NO4S. The minimum absolute atomic E-state index is 0.150. The topological polar surface area (TPSA) is 72.5 Å². The highest BCUT2D eigenvalue weighted by atomic mass is 32.2. The van der Waals surface area contributed by atoms with Crippen molar-refractivity contribution in [3.63, 3.8) is 0 Å². The molecule has 1 amide bonds. The molecule has 1 fully saturated rings. The lowest BCUT2D eigenvalue weighted by atomic mass is 10.0. The van der Waals surface area contributed by atoms with Gasteiger partial charge in [0.25, 0.3) is 0 Å². The van der Waals surface area contributed by atoms with Gasteiger partial charge in [0, 0.05) is 23.0 Å². The Morgan fingerprint density at radius 3 is 2.44 bits per heavy atom. The number of carbonyl (C=O) groups is 2. The SMILES string of the molecule is COC(=O)C(CS(=O)C1CCCCC1)NC(C)=O. The molecule has 0 bridgehead atoms. The molecule has 0 aromatic heterocycles. The van der Waals surface area contributed by atoms with Gasteiger partial charge >= 0.3 is 5.97 Å². The average molecular weight is 275 g/mol. The monoisotopic (exact) mass is 275 g/mol. The van der Waals surface area contributed by atoms with Crippen molar-refractivity contribution in [1.29, 1.82) is 0 Å². The lowest BCUT2D eigenvalue weighted by molar-refractivity contribution is -0.144. The van der Waals surface area contributed by atoms with Gasteiger partial charge in [-0.05, 0) is 12.8 Å². The molecule has 5 nitrogen and oxygen atoms in total. The fourth-order valence-corrected chi connectivity index (χ4v) is 3.86. The standard InChI is InChI=1S/C12H21NO4S/c1-9(14)13-11(12(15)17-2)8-18(16)10-6-4-3-5-7-10/h10-11H,3-8H2,1-2H3,(H,13,14). The molecule has 1 aliphatic rings.